The molecule has 0 fully saturated rings. The summed E-state index contributed by atoms with van der Waals surface area (Å²) in [4.78, 5) is 4.00. The highest BCUT2D eigenvalue weighted by Crippen LogP contribution is 2.07. The molecule has 0 saturated heterocycles. The van der Waals surface area contributed by atoms with Crippen LogP contribution in [0.5, 0.6) is 0 Å². The second-order valence-corrected chi connectivity index (χ2v) is 4.00. The van der Waals surface area contributed by atoms with Gasteiger partial charge in [-0.15, -0.1) is 0 Å². The van der Waals surface area contributed by atoms with Crippen LogP contribution < -0.4 is 4.72 Å². The fourth-order valence-corrected chi connectivity index (χ4v) is 1.44. The van der Waals surface area contributed by atoms with Gasteiger partial charge in [0.05, 0.1) is 0 Å². The zero-order valence-electron chi connectivity index (χ0n) is 7.77. The smallest absolute Gasteiger partial charge is 0.269 e. The second-order valence-electron chi connectivity index (χ2n) is 2.84. The van der Waals surface area contributed by atoms with E-state index in [1.54, 1.807) is 12.1 Å². The summed E-state index contributed by atoms with van der Waals surface area (Å²) in [6, 6.07) is 4.97. The molecule has 0 aliphatic carbocycles. The van der Waals surface area contributed by atoms with E-state index in [9.17, 15) is 8.42 Å². The lowest BCUT2D eigenvalue weighted by Crippen LogP contribution is -2.11. The van der Waals surface area contributed by atoms with E-state index >= 15 is 0 Å². The predicted octanol–water partition coefficient (Wildman–Crippen LogP) is 1.25. The summed E-state index contributed by atoms with van der Waals surface area (Å²) in [5, 5.41) is 0. The molecular formula is C8H12N2O3S. The lowest BCUT2D eigenvalue weighted by molar-refractivity contribution is 0.489. The van der Waals surface area contributed by atoms with Gasteiger partial charge in [0.1, 0.15) is 5.82 Å². The fourth-order valence-electron chi connectivity index (χ4n) is 1.06. The average Bonchev–Trinajstić information content (AvgIpc) is 2.02. The highest BCUT2D eigenvalue weighted by molar-refractivity contribution is 7.87. The van der Waals surface area contributed by atoms with Crippen LogP contribution in [0.3, 0.4) is 0 Å². The van der Waals surface area contributed by atoms with Gasteiger partial charge >= 0.3 is 10.3 Å². The second kappa shape index (κ2) is 4.39. The van der Waals surface area contributed by atoms with Crippen LogP contribution in [0.2, 0.25) is 0 Å². The van der Waals surface area contributed by atoms with Gasteiger partial charge in [-0.25, -0.2) is 9.71 Å². The van der Waals surface area contributed by atoms with Crippen molar-refractivity contribution >= 4 is 16.1 Å². The largest absolute Gasteiger partial charge is 0.358 e. The quantitative estimate of drug-likeness (QED) is 0.742. The average molecular weight is 216 g/mol. The molecule has 78 valence electrons. The Morgan fingerprint density at radius 1 is 1.50 bits per heavy atom. The van der Waals surface area contributed by atoms with Crippen LogP contribution in [0.1, 0.15) is 19.0 Å². The lowest BCUT2D eigenvalue weighted by Gasteiger charge is -2.03. The van der Waals surface area contributed by atoms with Crippen LogP contribution in [0.15, 0.2) is 18.2 Å². The molecule has 0 aromatic carbocycles. The van der Waals surface area contributed by atoms with E-state index in [0.29, 0.717) is 0 Å². The number of nitrogens with zero attached hydrogens (tertiary/aromatic N) is 1. The summed E-state index contributed by atoms with van der Waals surface area (Å²) < 4.78 is 31.4. The minimum absolute atomic E-state index is 0.137. The van der Waals surface area contributed by atoms with E-state index in [4.69, 9.17) is 4.55 Å². The molecule has 5 nitrogen and oxygen atoms in total. The molecule has 14 heavy (non-hydrogen) atoms. The van der Waals surface area contributed by atoms with E-state index in [1.807, 2.05) is 11.6 Å². The molecule has 0 radical (unpaired) electrons. The predicted molar refractivity (Wildman–Crippen MR) is 53.4 cm³/mol. The van der Waals surface area contributed by atoms with Gasteiger partial charge in [-0.3, -0.25) is 4.55 Å². The Labute approximate surface area is 83.1 Å². The van der Waals surface area contributed by atoms with Crippen molar-refractivity contribution in [3.8, 4) is 0 Å². The van der Waals surface area contributed by atoms with E-state index < -0.39 is 10.3 Å². The summed E-state index contributed by atoms with van der Waals surface area (Å²) >= 11 is 0. The van der Waals surface area contributed by atoms with Gasteiger partial charge in [0, 0.05) is 5.69 Å². The molecule has 0 aliphatic rings. The molecule has 1 heterocycles. The standard InChI is InChI=1S/C8H12N2O3S/c1-2-4-7-5-3-6-8(9-7)10-14(11,12)13/h3,5-6H,2,4H2,1H3,(H,9,10)(H,11,12,13). The minimum Gasteiger partial charge on any atom is -0.269 e. The number of anilines is 1. The fraction of sp³-hybridized carbons (Fsp3) is 0.375. The third-order valence-corrected chi connectivity index (χ3v) is 2.01. The van der Waals surface area contributed by atoms with Crippen molar-refractivity contribution in [2.45, 2.75) is 19.8 Å². The van der Waals surface area contributed by atoms with Gasteiger partial charge in [0.15, 0.2) is 0 Å². The molecular weight excluding hydrogens is 204 g/mol. The number of nitrogens with one attached hydrogen (secondary N) is 1. The van der Waals surface area contributed by atoms with Crippen LogP contribution in [0, 0.1) is 0 Å². The third kappa shape index (κ3) is 3.71. The molecule has 0 unspecified atom stereocenters. The van der Waals surface area contributed by atoms with Crippen LogP contribution in [-0.2, 0) is 16.7 Å². The summed E-state index contributed by atoms with van der Waals surface area (Å²) in [5.41, 5.74) is 0.793. The van der Waals surface area contributed by atoms with Gasteiger partial charge < -0.3 is 0 Å². The first-order valence-corrected chi connectivity index (χ1v) is 5.66. The minimum atomic E-state index is -4.22. The topological polar surface area (TPSA) is 79.3 Å². The van der Waals surface area contributed by atoms with Crippen molar-refractivity contribution in [3.05, 3.63) is 23.9 Å². The molecule has 0 aliphatic heterocycles. The van der Waals surface area contributed by atoms with Crippen LogP contribution >= 0.6 is 0 Å². The maximum absolute atomic E-state index is 10.5. The molecule has 0 saturated carbocycles. The molecule has 0 atom stereocenters. The lowest BCUT2D eigenvalue weighted by atomic mass is 10.2. The molecule has 0 bridgehead atoms. The Morgan fingerprint density at radius 2 is 2.21 bits per heavy atom. The summed E-state index contributed by atoms with van der Waals surface area (Å²) in [6.45, 7) is 2.00. The van der Waals surface area contributed by atoms with E-state index in [2.05, 4.69) is 4.98 Å². The van der Waals surface area contributed by atoms with Gasteiger partial charge in [0.2, 0.25) is 0 Å². The number of hydrogen-bond donors (Lipinski definition) is 2. The van der Waals surface area contributed by atoms with Crippen molar-refractivity contribution in [1.29, 1.82) is 0 Å². The normalized spacial score (nSPS) is 11.3. The monoisotopic (exact) mass is 216 g/mol. The maximum Gasteiger partial charge on any atom is 0.358 e. The number of pyridine rings is 1. The van der Waals surface area contributed by atoms with Gasteiger partial charge in [-0.05, 0) is 18.6 Å². The van der Waals surface area contributed by atoms with Crippen LogP contribution in [0.4, 0.5) is 5.82 Å². The Balaban J connectivity index is 2.83. The SMILES string of the molecule is CCCc1cccc(NS(=O)(=O)O)n1. The van der Waals surface area contributed by atoms with Crippen molar-refractivity contribution in [1.82, 2.24) is 4.98 Å². The van der Waals surface area contributed by atoms with E-state index in [0.717, 1.165) is 18.5 Å². The molecule has 0 amide bonds. The Morgan fingerprint density at radius 3 is 2.79 bits per heavy atom. The van der Waals surface area contributed by atoms with Crippen molar-refractivity contribution < 1.29 is 13.0 Å². The zero-order valence-corrected chi connectivity index (χ0v) is 8.58. The van der Waals surface area contributed by atoms with E-state index in [1.165, 1.54) is 6.07 Å². The highest BCUT2D eigenvalue weighted by atomic mass is 32.2. The first-order valence-electron chi connectivity index (χ1n) is 4.22. The first-order chi connectivity index (χ1) is 6.51. The first kappa shape index (κ1) is 10.9. The van der Waals surface area contributed by atoms with Crippen molar-refractivity contribution in [3.63, 3.8) is 0 Å². The number of aryl methyl sites for hydroxylation is 1. The molecule has 0 spiro atoms. The van der Waals surface area contributed by atoms with Gasteiger partial charge in [0.25, 0.3) is 0 Å². The molecule has 1 aromatic heterocycles. The molecule has 1 rings (SSSR count). The summed E-state index contributed by atoms with van der Waals surface area (Å²) in [5.74, 6) is 0.137. The van der Waals surface area contributed by atoms with Crippen LogP contribution in [-0.4, -0.2) is 18.0 Å². The van der Waals surface area contributed by atoms with Crippen molar-refractivity contribution in [2.24, 2.45) is 0 Å². The van der Waals surface area contributed by atoms with Gasteiger partial charge in [-0.1, -0.05) is 19.4 Å². The zero-order chi connectivity index (χ0) is 10.6. The van der Waals surface area contributed by atoms with E-state index in [-0.39, 0.29) is 5.82 Å². The summed E-state index contributed by atoms with van der Waals surface area (Å²) in [6.07, 6.45) is 1.71. The Bertz CT molecular complexity index is 403. The van der Waals surface area contributed by atoms with Crippen molar-refractivity contribution in [2.75, 3.05) is 4.72 Å². The highest BCUT2D eigenvalue weighted by Gasteiger charge is 2.04. The summed E-state index contributed by atoms with van der Waals surface area (Å²) in [7, 11) is -4.22. The number of hydrogen-bond acceptors (Lipinski definition) is 3. The molecule has 2 N–H and O–H groups in total. The molecule has 1 aromatic rings. The number of aromatic nitrogens is 1. The Hall–Kier alpha value is -1.14. The third-order valence-electron chi connectivity index (χ3n) is 1.55. The molecule has 6 heteroatoms. The Kier molecular flexibility index (Phi) is 3.43. The van der Waals surface area contributed by atoms with Gasteiger partial charge in [-0.2, -0.15) is 8.42 Å². The number of rotatable bonds is 4. The van der Waals surface area contributed by atoms with Crippen LogP contribution in [0.25, 0.3) is 0 Å². The maximum atomic E-state index is 10.5.